The number of nitrogens with one attached hydrogen (secondary N) is 2. The largest absolute Gasteiger partial charge is 0.506 e. The lowest BCUT2D eigenvalue weighted by atomic mass is 9.98. The van der Waals surface area contributed by atoms with Crippen LogP contribution in [0, 0.1) is 0 Å². The Bertz CT molecular complexity index is 1220. The fourth-order valence-electron chi connectivity index (χ4n) is 4.39. The number of aromatic nitrogens is 2. The summed E-state index contributed by atoms with van der Waals surface area (Å²) in [6.07, 6.45) is 4.56. The third-order valence-corrected chi connectivity index (χ3v) is 6.16. The number of carboxylic acids is 1. The zero-order valence-electron chi connectivity index (χ0n) is 16.2. The Kier molecular flexibility index (Phi) is 4.03. The third kappa shape index (κ3) is 2.93. The van der Waals surface area contributed by atoms with Crippen molar-refractivity contribution in [3.8, 4) is 17.0 Å². The summed E-state index contributed by atoms with van der Waals surface area (Å²) in [6.45, 7) is 0.816. The summed E-state index contributed by atoms with van der Waals surface area (Å²) in [6, 6.07) is 6.98. The average Bonchev–Trinajstić information content (AvgIpc) is 3.47. The zero-order chi connectivity index (χ0) is 20.3. The molecular weight excluding hydrogens is 370 g/mol. The molecule has 0 radical (unpaired) electrons. The minimum absolute atomic E-state index is 0.411. The maximum atomic E-state index is 12.3. The van der Waals surface area contributed by atoms with E-state index < -0.39 is 22.8 Å². The lowest BCUT2D eigenvalue weighted by Gasteiger charge is -2.13. The Hall–Kier alpha value is -3.06. The molecule has 0 amide bonds. The summed E-state index contributed by atoms with van der Waals surface area (Å²) in [5, 5.41) is 24.4. The number of H-pyrrole nitrogens is 1. The van der Waals surface area contributed by atoms with Gasteiger partial charge in [-0.25, -0.2) is 4.79 Å². The van der Waals surface area contributed by atoms with Crippen LogP contribution in [0.3, 0.4) is 0 Å². The van der Waals surface area contributed by atoms with Crippen LogP contribution in [-0.2, 0) is 26.4 Å². The topological polar surface area (TPSA) is 107 Å². The summed E-state index contributed by atoms with van der Waals surface area (Å²) in [7, 11) is 2.07. The quantitative estimate of drug-likeness (QED) is 0.545. The maximum absolute atomic E-state index is 12.3. The number of rotatable bonds is 4. The van der Waals surface area contributed by atoms with Crippen molar-refractivity contribution in [2.45, 2.75) is 44.7 Å². The van der Waals surface area contributed by atoms with Gasteiger partial charge in [0.1, 0.15) is 5.75 Å². The molecule has 2 heterocycles. The van der Waals surface area contributed by atoms with Crippen LogP contribution in [0.15, 0.2) is 23.0 Å². The molecule has 2 aromatic heterocycles. The molecule has 29 heavy (non-hydrogen) atoms. The van der Waals surface area contributed by atoms with Crippen molar-refractivity contribution in [1.29, 1.82) is 0 Å². The van der Waals surface area contributed by atoms with E-state index in [1.807, 2.05) is 6.07 Å². The predicted octanol–water partition coefficient (Wildman–Crippen LogP) is 2.68. The van der Waals surface area contributed by atoms with Crippen molar-refractivity contribution in [2.24, 2.45) is 7.05 Å². The van der Waals surface area contributed by atoms with Crippen LogP contribution in [0.5, 0.6) is 5.75 Å². The van der Waals surface area contributed by atoms with E-state index in [1.54, 1.807) is 0 Å². The highest BCUT2D eigenvalue weighted by Crippen LogP contribution is 2.38. The van der Waals surface area contributed by atoms with E-state index in [9.17, 15) is 19.8 Å². The van der Waals surface area contributed by atoms with Crippen molar-refractivity contribution in [1.82, 2.24) is 14.9 Å². The minimum atomic E-state index is -1.41. The second kappa shape index (κ2) is 6.49. The van der Waals surface area contributed by atoms with Gasteiger partial charge in [0.2, 0.25) is 0 Å². The van der Waals surface area contributed by atoms with E-state index in [1.165, 1.54) is 18.5 Å². The summed E-state index contributed by atoms with van der Waals surface area (Å²) in [4.78, 5) is 26.5. The van der Waals surface area contributed by atoms with E-state index >= 15 is 0 Å². The lowest BCUT2D eigenvalue weighted by molar-refractivity contribution is 0.0691. The smallest absolute Gasteiger partial charge is 0.345 e. The number of fused-ring (bicyclic) bond motifs is 4. The number of hydrogen-bond donors (Lipinski definition) is 4. The van der Waals surface area contributed by atoms with Gasteiger partial charge in [0, 0.05) is 47.4 Å². The molecule has 150 valence electrons. The molecule has 7 heteroatoms. The van der Waals surface area contributed by atoms with E-state index in [0.29, 0.717) is 23.7 Å². The van der Waals surface area contributed by atoms with Crippen molar-refractivity contribution >= 4 is 16.9 Å². The molecule has 1 saturated carbocycles. The monoisotopic (exact) mass is 393 g/mol. The van der Waals surface area contributed by atoms with Crippen molar-refractivity contribution < 1.29 is 15.0 Å². The molecule has 3 aromatic rings. The molecule has 0 atom stereocenters. The molecule has 5 rings (SSSR count). The first-order valence-corrected chi connectivity index (χ1v) is 10.0. The van der Waals surface area contributed by atoms with Crippen LogP contribution in [0.25, 0.3) is 22.2 Å². The molecule has 2 aliphatic rings. The van der Waals surface area contributed by atoms with Gasteiger partial charge in [-0.1, -0.05) is 0 Å². The Labute approximate surface area is 167 Å². The van der Waals surface area contributed by atoms with Crippen molar-refractivity contribution in [3.63, 3.8) is 0 Å². The van der Waals surface area contributed by atoms with Crippen molar-refractivity contribution in [3.05, 3.63) is 50.9 Å². The van der Waals surface area contributed by atoms with Crippen LogP contribution in [0.4, 0.5) is 0 Å². The normalized spacial score (nSPS) is 15.8. The van der Waals surface area contributed by atoms with Gasteiger partial charge in [-0.3, -0.25) is 4.79 Å². The van der Waals surface area contributed by atoms with E-state index in [0.717, 1.165) is 41.4 Å². The first-order valence-electron chi connectivity index (χ1n) is 10.0. The van der Waals surface area contributed by atoms with Crippen LogP contribution in [-0.4, -0.2) is 31.8 Å². The number of aryl methyl sites for hydroxylation is 2. The highest BCUT2D eigenvalue weighted by molar-refractivity contribution is 5.93. The molecule has 0 unspecified atom stereocenters. The Morgan fingerprint density at radius 3 is 2.79 bits per heavy atom. The second-order valence-electron chi connectivity index (χ2n) is 8.11. The minimum Gasteiger partial charge on any atom is -0.506 e. The Morgan fingerprint density at radius 1 is 1.28 bits per heavy atom. The van der Waals surface area contributed by atoms with Gasteiger partial charge in [-0.2, -0.15) is 0 Å². The van der Waals surface area contributed by atoms with Gasteiger partial charge < -0.3 is 25.1 Å². The first-order chi connectivity index (χ1) is 13.9. The number of benzene rings is 1. The highest BCUT2D eigenvalue weighted by Gasteiger charge is 2.26. The van der Waals surface area contributed by atoms with Crippen molar-refractivity contribution in [2.75, 3.05) is 0 Å². The SMILES string of the molecule is Cn1c(CNC2CC2)cc2cc3c(cc21)CCCc1c-3[nH]c(=O)c(C(=O)O)c1O. The number of carboxylic acid groups (broad SMARTS) is 1. The highest BCUT2D eigenvalue weighted by atomic mass is 16.4. The number of aromatic carboxylic acids is 1. The van der Waals surface area contributed by atoms with Gasteiger partial charge in [-0.15, -0.1) is 0 Å². The molecule has 1 aromatic carbocycles. The Morgan fingerprint density at radius 2 is 2.07 bits per heavy atom. The van der Waals surface area contributed by atoms with E-state index in [2.05, 4.69) is 34.0 Å². The summed E-state index contributed by atoms with van der Waals surface area (Å²) in [5.41, 5.74) is 3.97. The molecule has 0 aliphatic heterocycles. The Balaban J connectivity index is 1.67. The number of pyridine rings is 1. The molecular formula is C22H23N3O4. The first kappa shape index (κ1) is 18.0. The van der Waals surface area contributed by atoms with Crippen LogP contribution < -0.4 is 10.9 Å². The number of aromatic hydroxyl groups is 1. The average molecular weight is 393 g/mol. The molecule has 0 saturated heterocycles. The van der Waals surface area contributed by atoms with Gasteiger partial charge in [-0.05, 0) is 55.9 Å². The number of hydrogen-bond acceptors (Lipinski definition) is 4. The molecule has 4 N–H and O–H groups in total. The molecule has 1 fully saturated rings. The second-order valence-corrected chi connectivity index (χ2v) is 8.11. The molecule has 2 aliphatic carbocycles. The molecule has 0 spiro atoms. The number of nitrogens with zero attached hydrogens (tertiary/aromatic N) is 1. The summed E-state index contributed by atoms with van der Waals surface area (Å²) >= 11 is 0. The fraction of sp³-hybridized carbons (Fsp3) is 0.364. The maximum Gasteiger partial charge on any atom is 0.345 e. The van der Waals surface area contributed by atoms with Crippen LogP contribution in [0.2, 0.25) is 0 Å². The lowest BCUT2D eigenvalue weighted by Crippen LogP contribution is -2.20. The van der Waals surface area contributed by atoms with Gasteiger partial charge in [0.25, 0.3) is 5.56 Å². The van der Waals surface area contributed by atoms with Crippen LogP contribution >= 0.6 is 0 Å². The summed E-state index contributed by atoms with van der Waals surface area (Å²) in [5.74, 6) is -1.83. The van der Waals surface area contributed by atoms with Gasteiger partial charge >= 0.3 is 5.97 Å². The van der Waals surface area contributed by atoms with E-state index in [-0.39, 0.29) is 0 Å². The third-order valence-electron chi connectivity index (χ3n) is 6.16. The molecule has 0 bridgehead atoms. The zero-order valence-corrected chi connectivity index (χ0v) is 16.2. The standard InChI is InChI=1S/C22H23N3O4/c1-25-14(10-23-13-5-6-13)7-12-8-16-11(9-17(12)25)3-2-4-15-19(16)24-21(27)18(20(15)26)22(28)29/h7-9,13,23H,2-6,10H2,1H3,(H,28,29)(H2,24,26,27). The molecule has 7 nitrogen and oxygen atoms in total. The van der Waals surface area contributed by atoms with Gasteiger partial charge in [0.15, 0.2) is 5.56 Å². The number of aromatic amines is 1. The van der Waals surface area contributed by atoms with Gasteiger partial charge in [0.05, 0.1) is 5.69 Å². The predicted molar refractivity (Wildman–Crippen MR) is 109 cm³/mol. The number of carbonyl (C=O) groups is 1. The summed E-state index contributed by atoms with van der Waals surface area (Å²) < 4.78 is 2.20. The van der Waals surface area contributed by atoms with Crippen LogP contribution in [0.1, 0.15) is 46.4 Å². The fourth-order valence-corrected chi connectivity index (χ4v) is 4.39. The van der Waals surface area contributed by atoms with E-state index in [4.69, 9.17) is 0 Å².